The van der Waals surface area contributed by atoms with E-state index in [0.29, 0.717) is 5.92 Å². The van der Waals surface area contributed by atoms with Crippen molar-refractivity contribution < 1.29 is 10.1 Å². The van der Waals surface area contributed by atoms with E-state index in [4.69, 9.17) is 5.26 Å². The molecule has 92 valence electrons. The zero-order valence-corrected chi connectivity index (χ0v) is 11.0. The third-order valence-corrected chi connectivity index (χ3v) is 3.73. The van der Waals surface area contributed by atoms with Crippen LogP contribution in [0.5, 0.6) is 0 Å². The maximum Gasteiger partial charge on any atom is 0.165 e. The second-order valence-corrected chi connectivity index (χ2v) is 5.98. The van der Waals surface area contributed by atoms with Gasteiger partial charge in [0.2, 0.25) is 0 Å². The summed E-state index contributed by atoms with van der Waals surface area (Å²) in [7, 11) is 0. The Balaban J connectivity index is 2.72. The van der Waals surface area contributed by atoms with E-state index in [2.05, 4.69) is 16.7 Å². The van der Waals surface area contributed by atoms with E-state index in [1.54, 1.807) is 0 Å². The number of rotatable bonds is 1. The molecule has 1 rings (SSSR count). The zero-order chi connectivity index (χ0) is 12.2. The first-order valence-electron chi connectivity index (χ1n) is 6.24. The van der Waals surface area contributed by atoms with Crippen molar-refractivity contribution in [2.45, 2.75) is 65.4 Å². The third kappa shape index (κ3) is 3.23. The molecule has 2 heteroatoms. The first-order chi connectivity index (χ1) is 7.39. The average molecular weight is 224 g/mol. The smallest absolute Gasteiger partial charge is 0.165 e. The molecule has 0 aromatic heterocycles. The van der Waals surface area contributed by atoms with Crippen LogP contribution in [0.1, 0.15) is 59.8 Å². The molecule has 1 saturated carbocycles. The van der Waals surface area contributed by atoms with Crippen molar-refractivity contribution in [1.82, 2.24) is 0 Å². The van der Waals surface area contributed by atoms with Crippen molar-refractivity contribution in [3.05, 3.63) is 0 Å². The predicted molar refractivity (Wildman–Crippen MR) is 65.9 cm³/mol. The van der Waals surface area contributed by atoms with Crippen LogP contribution < -0.4 is 0 Å². The molecule has 0 aromatic rings. The molecule has 1 unspecified atom stereocenters. The highest BCUT2D eigenvalue weighted by molar-refractivity contribution is 5.18. The minimum Gasteiger partial charge on any atom is -0.250 e. The Hall–Kier alpha value is -0.520. The van der Waals surface area contributed by atoms with E-state index < -0.39 is 5.60 Å². The van der Waals surface area contributed by atoms with Crippen LogP contribution in [0.25, 0.3) is 0 Å². The van der Waals surface area contributed by atoms with E-state index in [9.17, 15) is 0 Å². The lowest BCUT2D eigenvalue weighted by molar-refractivity contribution is -0.322. The van der Waals surface area contributed by atoms with Crippen molar-refractivity contribution in [2.24, 2.45) is 11.3 Å². The summed E-state index contributed by atoms with van der Waals surface area (Å²) in [6.45, 7) is 7.93. The Bertz CT molecular complexity index is 273. The van der Waals surface area contributed by atoms with Gasteiger partial charge in [0, 0.05) is 11.3 Å². The minimum absolute atomic E-state index is 0.191. The van der Waals surface area contributed by atoms with Crippen LogP contribution in [-0.2, 0) is 4.89 Å². The largest absolute Gasteiger partial charge is 0.250 e. The standard InChI is InChI=1S/C14H24O2/c1-13(2,3)14(4,16-15)11-10-12-8-6-5-7-9-12/h12,15H,5-9H2,1-4H3. The van der Waals surface area contributed by atoms with Crippen molar-refractivity contribution >= 4 is 0 Å². The second kappa shape index (κ2) is 5.21. The van der Waals surface area contributed by atoms with Gasteiger partial charge in [0.15, 0.2) is 5.60 Å². The van der Waals surface area contributed by atoms with E-state index in [1.807, 2.05) is 27.7 Å². The highest BCUT2D eigenvalue weighted by Gasteiger charge is 2.38. The molecule has 0 heterocycles. The van der Waals surface area contributed by atoms with Gasteiger partial charge in [-0.15, -0.1) is 0 Å². The Morgan fingerprint density at radius 1 is 1.06 bits per heavy atom. The predicted octanol–water partition coefficient (Wildman–Crippen LogP) is 3.86. The first kappa shape index (κ1) is 13.5. The Kier molecular flexibility index (Phi) is 4.41. The van der Waals surface area contributed by atoms with E-state index >= 15 is 0 Å². The normalized spacial score (nSPS) is 22.1. The molecule has 0 aliphatic heterocycles. The van der Waals surface area contributed by atoms with Gasteiger partial charge in [-0.05, 0) is 19.8 Å². The Morgan fingerprint density at radius 2 is 1.62 bits per heavy atom. The molecular weight excluding hydrogens is 200 g/mol. The van der Waals surface area contributed by atoms with Crippen LogP contribution in [0.2, 0.25) is 0 Å². The molecule has 0 saturated heterocycles. The SMILES string of the molecule is CC(C)(C)C(C)(C#CC1CCCCC1)OO. The van der Waals surface area contributed by atoms with Gasteiger partial charge in [-0.25, -0.2) is 4.89 Å². The van der Waals surface area contributed by atoms with Crippen molar-refractivity contribution in [1.29, 1.82) is 0 Å². The van der Waals surface area contributed by atoms with E-state index in [-0.39, 0.29) is 5.41 Å². The molecule has 0 radical (unpaired) electrons. The van der Waals surface area contributed by atoms with Crippen LogP contribution in [0.15, 0.2) is 0 Å². The Morgan fingerprint density at radius 3 is 2.06 bits per heavy atom. The summed E-state index contributed by atoms with van der Waals surface area (Å²) in [6.07, 6.45) is 6.29. The summed E-state index contributed by atoms with van der Waals surface area (Å²) in [5.74, 6) is 6.91. The molecule has 0 aromatic carbocycles. The van der Waals surface area contributed by atoms with E-state index in [0.717, 1.165) is 0 Å². The molecule has 1 N–H and O–H groups in total. The maximum absolute atomic E-state index is 9.05. The summed E-state index contributed by atoms with van der Waals surface area (Å²) < 4.78 is 0. The van der Waals surface area contributed by atoms with Gasteiger partial charge < -0.3 is 0 Å². The van der Waals surface area contributed by atoms with Gasteiger partial charge in [0.25, 0.3) is 0 Å². The quantitative estimate of drug-likeness (QED) is 0.416. The maximum atomic E-state index is 9.05. The summed E-state index contributed by atoms with van der Waals surface area (Å²) in [4.78, 5) is 4.62. The van der Waals surface area contributed by atoms with Gasteiger partial charge >= 0.3 is 0 Å². The van der Waals surface area contributed by atoms with Gasteiger partial charge in [-0.2, -0.15) is 0 Å². The molecule has 1 aliphatic carbocycles. The van der Waals surface area contributed by atoms with Gasteiger partial charge in [-0.3, -0.25) is 5.26 Å². The summed E-state index contributed by atoms with van der Waals surface area (Å²) >= 11 is 0. The lowest BCUT2D eigenvalue weighted by atomic mass is 9.77. The zero-order valence-electron chi connectivity index (χ0n) is 11.0. The summed E-state index contributed by atoms with van der Waals surface area (Å²) in [5.41, 5.74) is -0.964. The molecule has 2 nitrogen and oxygen atoms in total. The molecule has 1 fully saturated rings. The lowest BCUT2D eigenvalue weighted by Crippen LogP contribution is -2.40. The number of hydrogen-bond donors (Lipinski definition) is 1. The fraction of sp³-hybridized carbons (Fsp3) is 0.857. The summed E-state index contributed by atoms with van der Waals surface area (Å²) in [5, 5.41) is 9.05. The van der Waals surface area contributed by atoms with Crippen molar-refractivity contribution in [3.8, 4) is 11.8 Å². The lowest BCUT2D eigenvalue weighted by Gasteiger charge is -2.34. The average Bonchev–Trinajstić information content (AvgIpc) is 2.26. The van der Waals surface area contributed by atoms with Crippen LogP contribution in [0.4, 0.5) is 0 Å². The minimum atomic E-state index is -0.773. The number of hydrogen-bond acceptors (Lipinski definition) is 2. The Labute approximate surface area is 99.3 Å². The fourth-order valence-electron chi connectivity index (χ4n) is 1.83. The van der Waals surface area contributed by atoms with Crippen LogP contribution in [-0.4, -0.2) is 10.9 Å². The molecule has 0 spiro atoms. The molecular formula is C14H24O2. The van der Waals surface area contributed by atoms with Crippen molar-refractivity contribution in [3.63, 3.8) is 0 Å². The molecule has 0 amide bonds. The van der Waals surface area contributed by atoms with Crippen LogP contribution in [0, 0.1) is 23.2 Å². The highest BCUT2D eigenvalue weighted by Crippen LogP contribution is 2.32. The topological polar surface area (TPSA) is 29.5 Å². The molecule has 1 aliphatic rings. The highest BCUT2D eigenvalue weighted by atomic mass is 17.1. The molecule has 16 heavy (non-hydrogen) atoms. The van der Waals surface area contributed by atoms with Crippen molar-refractivity contribution in [2.75, 3.05) is 0 Å². The summed E-state index contributed by atoms with van der Waals surface area (Å²) in [6, 6.07) is 0. The van der Waals surface area contributed by atoms with Crippen LogP contribution >= 0.6 is 0 Å². The first-order valence-corrected chi connectivity index (χ1v) is 6.24. The second-order valence-electron chi connectivity index (χ2n) is 5.98. The fourth-order valence-corrected chi connectivity index (χ4v) is 1.83. The van der Waals surface area contributed by atoms with Gasteiger partial charge in [0.05, 0.1) is 0 Å². The van der Waals surface area contributed by atoms with Crippen LogP contribution in [0.3, 0.4) is 0 Å². The van der Waals surface area contributed by atoms with Gasteiger partial charge in [0.1, 0.15) is 0 Å². The molecule has 0 bridgehead atoms. The van der Waals surface area contributed by atoms with Gasteiger partial charge in [-0.1, -0.05) is 51.9 Å². The monoisotopic (exact) mass is 224 g/mol. The van der Waals surface area contributed by atoms with E-state index in [1.165, 1.54) is 32.1 Å². The molecule has 1 atom stereocenters. The third-order valence-electron chi connectivity index (χ3n) is 3.73.